The molecule has 1 N–H and O–H groups in total. The van der Waals surface area contributed by atoms with Gasteiger partial charge >= 0.3 is 0 Å². The number of nitrogens with one attached hydrogen (secondary N) is 1. The van der Waals surface area contributed by atoms with Crippen molar-refractivity contribution in [3.63, 3.8) is 0 Å². The predicted octanol–water partition coefficient (Wildman–Crippen LogP) is 4.84. The highest BCUT2D eigenvalue weighted by atomic mass is 32.2. The fourth-order valence-electron chi connectivity index (χ4n) is 3.52. The molecule has 2 aromatic carbocycles. The molecule has 1 fully saturated rings. The quantitative estimate of drug-likeness (QED) is 0.200. The van der Waals surface area contributed by atoms with Crippen molar-refractivity contribution in [3.05, 3.63) is 93.1 Å². The first kappa shape index (κ1) is 24.3. The molecule has 3 amide bonds. The number of para-hydroxylation sites is 1. The fourth-order valence-corrected chi connectivity index (χ4v) is 4.81. The Labute approximate surface area is 209 Å². The van der Waals surface area contributed by atoms with E-state index in [1.165, 1.54) is 17.8 Å². The average molecular weight is 509 g/mol. The second-order valence-corrected chi connectivity index (χ2v) is 9.37. The molecule has 1 aromatic heterocycles. The van der Waals surface area contributed by atoms with Crippen LogP contribution in [-0.4, -0.2) is 44.2 Å². The number of nitrogens with zero attached hydrogens (tertiary/aromatic N) is 3. The Bertz CT molecular complexity index is 1350. The minimum absolute atomic E-state index is 0.00144. The van der Waals surface area contributed by atoms with Crippen molar-refractivity contribution in [1.82, 2.24) is 9.47 Å². The molecule has 2 heterocycles. The van der Waals surface area contributed by atoms with Crippen molar-refractivity contribution >= 4 is 58.0 Å². The number of thioether (sulfide) groups is 2. The predicted molar refractivity (Wildman–Crippen MR) is 136 cm³/mol. The Morgan fingerprint density at radius 3 is 2.71 bits per heavy atom. The number of anilines is 1. The Hall–Kier alpha value is -3.83. The summed E-state index contributed by atoms with van der Waals surface area (Å²) in [5, 5.41) is 13.5. The van der Waals surface area contributed by atoms with Gasteiger partial charge in [0.05, 0.1) is 16.4 Å². The maximum atomic E-state index is 12.9. The van der Waals surface area contributed by atoms with Crippen LogP contribution in [0.15, 0.2) is 76.7 Å². The number of carbonyl (C=O) groups excluding carboxylic acids is 3. The number of benzene rings is 2. The van der Waals surface area contributed by atoms with Gasteiger partial charge in [0.15, 0.2) is 0 Å². The SMILES string of the molecule is CSc1cccc(NC(=O)CN2C(=O)S/C(=C/c3cccn3Cc3ccccc3[N+](=O)[O-])C2=O)c1. The molecule has 0 radical (unpaired) electrons. The van der Waals surface area contributed by atoms with E-state index in [1.807, 2.05) is 24.5 Å². The van der Waals surface area contributed by atoms with Crippen LogP contribution < -0.4 is 5.32 Å². The van der Waals surface area contributed by atoms with Gasteiger partial charge in [-0.05, 0) is 54.4 Å². The first-order valence-corrected chi connectivity index (χ1v) is 12.5. The number of hydrogen-bond donors (Lipinski definition) is 1. The molecule has 3 aromatic rings. The Morgan fingerprint density at radius 2 is 1.94 bits per heavy atom. The van der Waals surface area contributed by atoms with Crippen LogP contribution in [0.5, 0.6) is 0 Å². The van der Waals surface area contributed by atoms with Crippen molar-refractivity contribution in [2.24, 2.45) is 0 Å². The summed E-state index contributed by atoms with van der Waals surface area (Å²) in [7, 11) is 0. The lowest BCUT2D eigenvalue weighted by atomic mass is 10.2. The summed E-state index contributed by atoms with van der Waals surface area (Å²) in [5.41, 5.74) is 1.70. The van der Waals surface area contributed by atoms with E-state index < -0.39 is 28.5 Å². The van der Waals surface area contributed by atoms with E-state index in [9.17, 15) is 24.5 Å². The molecule has 0 bridgehead atoms. The monoisotopic (exact) mass is 508 g/mol. The van der Waals surface area contributed by atoms with Crippen molar-refractivity contribution in [1.29, 1.82) is 0 Å². The molecule has 0 aliphatic carbocycles. The van der Waals surface area contributed by atoms with Crippen LogP contribution in [0.3, 0.4) is 0 Å². The molecule has 0 atom stereocenters. The number of rotatable bonds is 8. The smallest absolute Gasteiger partial charge is 0.294 e. The van der Waals surface area contributed by atoms with E-state index in [4.69, 9.17) is 0 Å². The average Bonchev–Trinajstić information content (AvgIpc) is 3.38. The van der Waals surface area contributed by atoms with Crippen LogP contribution in [0.2, 0.25) is 0 Å². The minimum atomic E-state index is -0.563. The van der Waals surface area contributed by atoms with E-state index in [0.717, 1.165) is 21.6 Å². The summed E-state index contributed by atoms with van der Waals surface area (Å²) < 4.78 is 1.75. The third-order valence-electron chi connectivity index (χ3n) is 5.20. The van der Waals surface area contributed by atoms with Gasteiger partial charge in [-0.2, -0.15) is 0 Å². The lowest BCUT2D eigenvalue weighted by molar-refractivity contribution is -0.385. The highest BCUT2D eigenvalue weighted by Crippen LogP contribution is 2.32. The number of nitro groups is 1. The molecule has 4 rings (SSSR count). The van der Waals surface area contributed by atoms with E-state index in [-0.39, 0.29) is 17.1 Å². The molecule has 1 saturated heterocycles. The van der Waals surface area contributed by atoms with Gasteiger partial charge in [0.1, 0.15) is 6.54 Å². The van der Waals surface area contributed by atoms with Crippen LogP contribution >= 0.6 is 23.5 Å². The molecular formula is C24H20N4O5S2. The Kier molecular flexibility index (Phi) is 7.37. The zero-order valence-electron chi connectivity index (χ0n) is 18.5. The van der Waals surface area contributed by atoms with Crippen molar-refractivity contribution < 1.29 is 19.3 Å². The van der Waals surface area contributed by atoms with Gasteiger partial charge in [-0.15, -0.1) is 11.8 Å². The zero-order chi connectivity index (χ0) is 24.9. The Morgan fingerprint density at radius 1 is 1.14 bits per heavy atom. The van der Waals surface area contributed by atoms with Gasteiger partial charge < -0.3 is 9.88 Å². The molecule has 1 aliphatic rings. The third-order valence-corrected chi connectivity index (χ3v) is 6.83. The van der Waals surface area contributed by atoms with Gasteiger partial charge in [0.2, 0.25) is 5.91 Å². The van der Waals surface area contributed by atoms with E-state index in [1.54, 1.807) is 53.2 Å². The summed E-state index contributed by atoms with van der Waals surface area (Å²) in [6.07, 6.45) is 5.22. The molecule has 9 nitrogen and oxygen atoms in total. The van der Waals surface area contributed by atoms with Crippen LogP contribution in [0.1, 0.15) is 11.3 Å². The summed E-state index contributed by atoms with van der Waals surface area (Å²) in [6.45, 7) is -0.181. The topological polar surface area (TPSA) is 115 Å². The van der Waals surface area contributed by atoms with E-state index in [0.29, 0.717) is 16.9 Å². The number of amides is 3. The molecule has 0 spiro atoms. The van der Waals surface area contributed by atoms with Gasteiger partial charge in [-0.3, -0.25) is 29.4 Å². The number of imide groups is 1. The molecule has 0 saturated carbocycles. The molecule has 0 unspecified atom stereocenters. The number of carbonyl (C=O) groups is 3. The lowest BCUT2D eigenvalue weighted by Crippen LogP contribution is -2.36. The number of nitro benzene ring substituents is 1. The summed E-state index contributed by atoms with van der Waals surface area (Å²) in [6, 6.07) is 17.2. The van der Waals surface area contributed by atoms with Gasteiger partial charge in [0.25, 0.3) is 16.8 Å². The zero-order valence-corrected chi connectivity index (χ0v) is 20.2. The number of hydrogen-bond acceptors (Lipinski definition) is 7. The largest absolute Gasteiger partial charge is 0.343 e. The summed E-state index contributed by atoms with van der Waals surface area (Å²) >= 11 is 2.28. The molecule has 35 heavy (non-hydrogen) atoms. The first-order valence-electron chi connectivity index (χ1n) is 10.4. The lowest BCUT2D eigenvalue weighted by Gasteiger charge is -2.13. The van der Waals surface area contributed by atoms with Crippen molar-refractivity contribution in [2.75, 3.05) is 18.1 Å². The summed E-state index contributed by atoms with van der Waals surface area (Å²) in [5.74, 6) is -1.04. The third kappa shape index (κ3) is 5.64. The van der Waals surface area contributed by atoms with Crippen LogP contribution in [0, 0.1) is 10.1 Å². The number of aromatic nitrogens is 1. The van der Waals surface area contributed by atoms with Crippen molar-refractivity contribution in [3.8, 4) is 0 Å². The molecular weight excluding hydrogens is 488 g/mol. The van der Waals surface area contributed by atoms with Gasteiger partial charge in [0, 0.05) is 34.1 Å². The second kappa shape index (κ2) is 10.6. The fraction of sp³-hybridized carbons (Fsp3) is 0.125. The standard InChI is InChI=1S/C24H20N4O5S2/c1-34-19-9-4-7-17(12-19)25-22(29)15-27-23(30)21(35-24(27)31)13-18-8-5-11-26(18)14-16-6-2-3-10-20(16)28(32)33/h2-13H,14-15H2,1H3,(H,25,29)/b21-13+. The normalized spacial score (nSPS) is 14.5. The Balaban J connectivity index is 1.47. The van der Waals surface area contributed by atoms with Crippen LogP contribution in [0.4, 0.5) is 16.2 Å². The first-order chi connectivity index (χ1) is 16.9. The van der Waals surface area contributed by atoms with E-state index >= 15 is 0 Å². The van der Waals surface area contributed by atoms with Gasteiger partial charge in [-0.25, -0.2) is 0 Å². The van der Waals surface area contributed by atoms with Gasteiger partial charge in [-0.1, -0.05) is 24.3 Å². The van der Waals surface area contributed by atoms with Crippen LogP contribution in [0.25, 0.3) is 6.08 Å². The highest BCUT2D eigenvalue weighted by molar-refractivity contribution is 8.18. The molecule has 11 heteroatoms. The highest BCUT2D eigenvalue weighted by Gasteiger charge is 2.36. The maximum absolute atomic E-state index is 12.9. The minimum Gasteiger partial charge on any atom is -0.343 e. The van der Waals surface area contributed by atoms with E-state index in [2.05, 4.69) is 5.32 Å². The van der Waals surface area contributed by atoms with Crippen LogP contribution in [-0.2, 0) is 16.1 Å². The maximum Gasteiger partial charge on any atom is 0.294 e. The second-order valence-electron chi connectivity index (χ2n) is 7.49. The molecule has 1 aliphatic heterocycles. The summed E-state index contributed by atoms with van der Waals surface area (Å²) in [4.78, 5) is 50.8. The molecule has 178 valence electrons. The van der Waals surface area contributed by atoms with Crippen molar-refractivity contribution in [2.45, 2.75) is 11.4 Å².